The Bertz CT molecular complexity index is 566. The number of nitrogens with one attached hydrogen (secondary N) is 2. The van der Waals surface area contributed by atoms with Crippen LogP contribution in [0, 0.1) is 0 Å². The van der Waals surface area contributed by atoms with Gasteiger partial charge in [-0.1, -0.05) is 25.1 Å². The van der Waals surface area contributed by atoms with Gasteiger partial charge in [-0.25, -0.2) is 4.98 Å². The Kier molecular flexibility index (Phi) is 4.55. The summed E-state index contributed by atoms with van der Waals surface area (Å²) in [5.74, 6) is 2.09. The second-order valence-electron chi connectivity index (χ2n) is 4.02. The van der Waals surface area contributed by atoms with Crippen molar-refractivity contribution < 1.29 is 4.74 Å². The number of hydrogen-bond acceptors (Lipinski definition) is 4. The lowest BCUT2D eigenvalue weighted by Gasteiger charge is -2.08. The van der Waals surface area contributed by atoms with Gasteiger partial charge in [-0.05, 0) is 12.1 Å². The smallest absolute Gasteiger partial charge is 0.252 e. The van der Waals surface area contributed by atoms with E-state index < -0.39 is 0 Å². The average molecular weight is 259 g/mol. The molecule has 0 aliphatic rings. The molecule has 0 aliphatic carbocycles. The molecule has 0 atom stereocenters. The van der Waals surface area contributed by atoms with Crippen LogP contribution in [0.5, 0.6) is 5.75 Å². The summed E-state index contributed by atoms with van der Waals surface area (Å²) >= 11 is 0. The van der Waals surface area contributed by atoms with Gasteiger partial charge in [-0.3, -0.25) is 4.79 Å². The average Bonchev–Trinajstić information content (AvgIpc) is 2.44. The minimum Gasteiger partial charge on any atom is -0.492 e. The minimum atomic E-state index is -0.140. The van der Waals surface area contributed by atoms with Gasteiger partial charge >= 0.3 is 0 Å². The van der Waals surface area contributed by atoms with Crippen LogP contribution in [0.3, 0.4) is 0 Å². The maximum absolute atomic E-state index is 11.4. The second kappa shape index (κ2) is 6.58. The summed E-state index contributed by atoms with van der Waals surface area (Å²) in [6.07, 6.45) is 0.700. The second-order valence-corrected chi connectivity index (χ2v) is 4.02. The predicted octanol–water partition coefficient (Wildman–Crippen LogP) is 1.82. The van der Waals surface area contributed by atoms with Gasteiger partial charge < -0.3 is 15.0 Å². The molecule has 0 spiro atoms. The lowest BCUT2D eigenvalue weighted by molar-refractivity contribution is 0.332. The molecule has 0 bridgehead atoms. The van der Waals surface area contributed by atoms with Gasteiger partial charge in [-0.2, -0.15) is 0 Å². The first-order valence-electron chi connectivity index (χ1n) is 6.30. The molecule has 2 aromatic rings. The molecule has 1 heterocycles. The number of aryl methyl sites for hydroxylation is 1. The first kappa shape index (κ1) is 13.1. The van der Waals surface area contributed by atoms with E-state index in [2.05, 4.69) is 15.3 Å². The van der Waals surface area contributed by atoms with Crippen molar-refractivity contribution in [3.63, 3.8) is 0 Å². The van der Waals surface area contributed by atoms with Gasteiger partial charge in [0.2, 0.25) is 0 Å². The largest absolute Gasteiger partial charge is 0.492 e. The highest BCUT2D eigenvalue weighted by molar-refractivity contribution is 5.32. The molecule has 0 unspecified atom stereocenters. The molecule has 0 amide bonds. The first-order valence-corrected chi connectivity index (χ1v) is 6.30. The molecule has 5 heteroatoms. The number of para-hydroxylation sites is 1. The van der Waals surface area contributed by atoms with Crippen molar-refractivity contribution in [3.8, 4) is 5.75 Å². The van der Waals surface area contributed by atoms with Crippen molar-refractivity contribution in [1.82, 2.24) is 9.97 Å². The zero-order valence-electron chi connectivity index (χ0n) is 10.8. The number of anilines is 1. The summed E-state index contributed by atoms with van der Waals surface area (Å²) in [6, 6.07) is 11.0. The third-order valence-corrected chi connectivity index (χ3v) is 2.55. The lowest BCUT2D eigenvalue weighted by Crippen LogP contribution is -2.17. The van der Waals surface area contributed by atoms with Crippen LogP contribution < -0.4 is 15.6 Å². The fourth-order valence-corrected chi connectivity index (χ4v) is 1.63. The Morgan fingerprint density at radius 2 is 2.11 bits per heavy atom. The first-order chi connectivity index (χ1) is 9.28. The van der Waals surface area contributed by atoms with Crippen molar-refractivity contribution in [2.45, 2.75) is 13.3 Å². The zero-order valence-corrected chi connectivity index (χ0v) is 10.8. The quantitative estimate of drug-likeness (QED) is 0.777. The molecule has 5 nitrogen and oxygen atoms in total. The van der Waals surface area contributed by atoms with Gasteiger partial charge in [0.25, 0.3) is 5.56 Å². The molecule has 0 saturated heterocycles. The highest BCUT2D eigenvalue weighted by atomic mass is 16.5. The Balaban J connectivity index is 1.83. The number of benzene rings is 1. The highest BCUT2D eigenvalue weighted by Gasteiger charge is 1.99. The third kappa shape index (κ3) is 4.13. The van der Waals surface area contributed by atoms with E-state index >= 15 is 0 Å². The Labute approximate surface area is 111 Å². The summed E-state index contributed by atoms with van der Waals surface area (Å²) in [7, 11) is 0. The van der Waals surface area contributed by atoms with Crippen LogP contribution in [-0.2, 0) is 6.42 Å². The summed E-state index contributed by atoms with van der Waals surface area (Å²) < 4.78 is 5.54. The maximum Gasteiger partial charge on any atom is 0.252 e. The van der Waals surface area contributed by atoms with E-state index in [9.17, 15) is 4.79 Å². The van der Waals surface area contributed by atoms with Crippen LogP contribution in [0.2, 0.25) is 0 Å². The summed E-state index contributed by atoms with van der Waals surface area (Å²) in [4.78, 5) is 18.3. The Morgan fingerprint density at radius 3 is 2.84 bits per heavy atom. The highest BCUT2D eigenvalue weighted by Crippen LogP contribution is 2.07. The summed E-state index contributed by atoms with van der Waals surface area (Å²) in [5.41, 5.74) is -0.140. The fourth-order valence-electron chi connectivity index (χ4n) is 1.63. The van der Waals surface area contributed by atoms with Crippen LogP contribution in [0.1, 0.15) is 12.7 Å². The Hall–Kier alpha value is -2.30. The molecule has 0 aliphatic heterocycles. The van der Waals surface area contributed by atoms with E-state index in [-0.39, 0.29) is 5.56 Å². The van der Waals surface area contributed by atoms with Crippen molar-refractivity contribution in [1.29, 1.82) is 0 Å². The molecular weight excluding hydrogens is 242 g/mol. The number of hydrogen-bond donors (Lipinski definition) is 2. The van der Waals surface area contributed by atoms with E-state index in [1.807, 2.05) is 37.3 Å². The maximum atomic E-state index is 11.4. The van der Waals surface area contributed by atoms with Crippen molar-refractivity contribution >= 4 is 5.82 Å². The van der Waals surface area contributed by atoms with Crippen molar-refractivity contribution in [2.24, 2.45) is 0 Å². The molecule has 2 rings (SSSR count). The van der Waals surface area contributed by atoms with E-state index in [0.29, 0.717) is 31.2 Å². The number of ether oxygens (including phenoxy) is 1. The standard InChI is InChI=1S/C14H17N3O2/c1-2-12-16-13(10-14(18)17-12)15-8-9-19-11-6-4-3-5-7-11/h3-7,10H,2,8-9H2,1H3,(H2,15,16,17,18). The monoisotopic (exact) mass is 259 g/mol. The van der Waals surface area contributed by atoms with Crippen molar-refractivity contribution in [2.75, 3.05) is 18.5 Å². The van der Waals surface area contributed by atoms with Crippen LogP contribution in [0.25, 0.3) is 0 Å². The molecular formula is C14H17N3O2. The zero-order chi connectivity index (χ0) is 13.5. The molecule has 0 radical (unpaired) electrons. The molecule has 0 saturated carbocycles. The molecule has 0 fully saturated rings. The topological polar surface area (TPSA) is 67.0 Å². The van der Waals surface area contributed by atoms with Gasteiger partial charge in [0.1, 0.15) is 24.0 Å². The van der Waals surface area contributed by atoms with Crippen LogP contribution in [0.4, 0.5) is 5.82 Å². The van der Waals surface area contributed by atoms with E-state index in [1.54, 1.807) is 0 Å². The Morgan fingerprint density at radius 1 is 1.32 bits per heavy atom. The molecule has 1 aromatic heterocycles. The van der Waals surface area contributed by atoms with E-state index in [4.69, 9.17) is 4.74 Å². The molecule has 2 N–H and O–H groups in total. The molecule has 19 heavy (non-hydrogen) atoms. The number of rotatable bonds is 6. The molecule has 100 valence electrons. The van der Waals surface area contributed by atoms with Crippen molar-refractivity contribution in [3.05, 3.63) is 52.6 Å². The van der Waals surface area contributed by atoms with Crippen LogP contribution in [0.15, 0.2) is 41.2 Å². The number of aromatic nitrogens is 2. The normalized spacial score (nSPS) is 10.2. The summed E-state index contributed by atoms with van der Waals surface area (Å²) in [6.45, 7) is 3.05. The lowest BCUT2D eigenvalue weighted by atomic mass is 10.3. The fraction of sp³-hybridized carbons (Fsp3) is 0.286. The van der Waals surface area contributed by atoms with Gasteiger partial charge in [0.15, 0.2) is 0 Å². The third-order valence-electron chi connectivity index (χ3n) is 2.55. The number of H-pyrrole nitrogens is 1. The van der Waals surface area contributed by atoms with E-state index in [1.165, 1.54) is 6.07 Å². The summed E-state index contributed by atoms with van der Waals surface area (Å²) in [5, 5.41) is 3.07. The predicted molar refractivity (Wildman–Crippen MR) is 74.7 cm³/mol. The number of aromatic amines is 1. The van der Waals surface area contributed by atoms with Crippen LogP contribution >= 0.6 is 0 Å². The van der Waals surface area contributed by atoms with Gasteiger partial charge in [0.05, 0.1) is 6.54 Å². The van der Waals surface area contributed by atoms with Gasteiger partial charge in [-0.15, -0.1) is 0 Å². The SMILES string of the molecule is CCc1nc(NCCOc2ccccc2)cc(=O)[nH]1. The number of nitrogens with zero attached hydrogens (tertiary/aromatic N) is 1. The minimum absolute atomic E-state index is 0.140. The van der Waals surface area contributed by atoms with Gasteiger partial charge in [0, 0.05) is 12.5 Å². The van der Waals surface area contributed by atoms with E-state index in [0.717, 1.165) is 5.75 Å². The van der Waals surface area contributed by atoms with Crippen LogP contribution in [-0.4, -0.2) is 23.1 Å². The molecule has 1 aromatic carbocycles.